The van der Waals surface area contributed by atoms with Crippen LogP contribution in [0.4, 0.5) is 0 Å². The fourth-order valence-corrected chi connectivity index (χ4v) is 3.92. The number of aromatic nitrogens is 1. The van der Waals surface area contributed by atoms with Gasteiger partial charge in [-0.3, -0.25) is 4.79 Å². The Labute approximate surface area is 159 Å². The van der Waals surface area contributed by atoms with Crippen LogP contribution in [0.1, 0.15) is 56.5 Å². The molecule has 0 amide bonds. The molecule has 0 atom stereocenters. The number of carbonyl (C=O) groups excluding carboxylic acids is 1. The lowest BCUT2D eigenvalue weighted by Gasteiger charge is -2.03. The van der Waals surface area contributed by atoms with Crippen LogP contribution in [-0.4, -0.2) is 17.6 Å². The summed E-state index contributed by atoms with van der Waals surface area (Å²) in [6.07, 6.45) is 7.39. The molecule has 0 radical (unpaired) electrons. The highest BCUT2D eigenvalue weighted by Gasteiger charge is 2.16. The van der Waals surface area contributed by atoms with Crippen molar-refractivity contribution in [3.63, 3.8) is 0 Å². The second-order valence-electron chi connectivity index (χ2n) is 6.04. The summed E-state index contributed by atoms with van der Waals surface area (Å²) in [7, 11) is 0. The van der Waals surface area contributed by atoms with E-state index in [1.165, 1.54) is 30.6 Å². The average Bonchev–Trinajstić information content (AvgIpc) is 2.98. The minimum Gasteiger partial charge on any atom is -0.466 e. The number of ether oxygens (including phenoxy) is 1. The van der Waals surface area contributed by atoms with E-state index in [4.69, 9.17) is 21.3 Å². The third-order valence-electron chi connectivity index (χ3n) is 3.99. The van der Waals surface area contributed by atoms with Gasteiger partial charge in [-0.1, -0.05) is 56.3 Å². The Morgan fingerprint density at radius 2 is 1.84 bits per heavy atom. The number of thiazole rings is 1. The highest BCUT2D eigenvalue weighted by atomic mass is 35.5. The quantitative estimate of drug-likeness (QED) is 0.370. The van der Waals surface area contributed by atoms with E-state index in [0.717, 1.165) is 29.1 Å². The Hall–Kier alpha value is -1.39. The maximum absolute atomic E-state index is 11.9. The first-order chi connectivity index (χ1) is 12.1. The number of benzene rings is 1. The molecule has 2 aromatic rings. The van der Waals surface area contributed by atoms with Gasteiger partial charge in [-0.05, 0) is 31.9 Å². The van der Waals surface area contributed by atoms with Crippen molar-refractivity contribution < 1.29 is 9.53 Å². The molecule has 5 heteroatoms. The van der Waals surface area contributed by atoms with Gasteiger partial charge in [0.15, 0.2) is 0 Å². The van der Waals surface area contributed by atoms with Crippen LogP contribution in [0.15, 0.2) is 24.3 Å². The Kier molecular flexibility index (Phi) is 8.42. The molecule has 1 aromatic carbocycles. The van der Waals surface area contributed by atoms with Crippen molar-refractivity contribution in [3.8, 4) is 10.6 Å². The van der Waals surface area contributed by atoms with Crippen molar-refractivity contribution in [2.45, 2.75) is 58.8 Å². The number of hydrogen-bond acceptors (Lipinski definition) is 4. The van der Waals surface area contributed by atoms with Gasteiger partial charge in [0.1, 0.15) is 5.01 Å². The number of aryl methyl sites for hydroxylation is 1. The summed E-state index contributed by atoms with van der Waals surface area (Å²) in [5, 5.41) is 1.66. The van der Waals surface area contributed by atoms with E-state index in [9.17, 15) is 4.79 Å². The molecule has 0 unspecified atom stereocenters. The van der Waals surface area contributed by atoms with Crippen molar-refractivity contribution in [2.24, 2.45) is 0 Å². The van der Waals surface area contributed by atoms with E-state index in [1.54, 1.807) is 11.3 Å². The molecule has 25 heavy (non-hydrogen) atoms. The zero-order valence-electron chi connectivity index (χ0n) is 15.0. The van der Waals surface area contributed by atoms with Gasteiger partial charge >= 0.3 is 5.97 Å². The molecule has 0 aliphatic heterocycles. The molecule has 0 aliphatic carbocycles. The maximum Gasteiger partial charge on any atom is 0.311 e. The lowest BCUT2D eigenvalue weighted by atomic mass is 10.1. The average molecular weight is 380 g/mol. The molecule has 0 saturated carbocycles. The van der Waals surface area contributed by atoms with Gasteiger partial charge in [0.05, 0.1) is 18.7 Å². The fourth-order valence-electron chi connectivity index (χ4n) is 2.67. The van der Waals surface area contributed by atoms with Gasteiger partial charge in [0, 0.05) is 15.5 Å². The predicted molar refractivity (Wildman–Crippen MR) is 105 cm³/mol. The van der Waals surface area contributed by atoms with Crippen molar-refractivity contribution in [2.75, 3.05) is 6.61 Å². The number of carbonyl (C=O) groups is 1. The standard InChI is InChI=1S/C20H26ClNO2S/c1-3-5-6-7-8-9-18-17(14-19(23)24-4-2)22-20(25-18)15-10-12-16(21)13-11-15/h10-13H,3-9,14H2,1-2H3. The van der Waals surface area contributed by atoms with E-state index >= 15 is 0 Å². The Bertz CT molecular complexity index is 667. The summed E-state index contributed by atoms with van der Waals surface area (Å²) in [6.45, 7) is 4.45. The Balaban J connectivity index is 2.12. The molecule has 3 nitrogen and oxygen atoms in total. The van der Waals surface area contributed by atoms with Gasteiger partial charge in [-0.2, -0.15) is 0 Å². The minimum absolute atomic E-state index is 0.206. The van der Waals surface area contributed by atoms with Gasteiger partial charge < -0.3 is 4.74 Å². The second kappa shape index (κ2) is 10.6. The van der Waals surface area contributed by atoms with Crippen LogP contribution in [0.25, 0.3) is 10.6 Å². The maximum atomic E-state index is 11.9. The highest BCUT2D eigenvalue weighted by molar-refractivity contribution is 7.15. The summed E-state index contributed by atoms with van der Waals surface area (Å²) in [6, 6.07) is 7.68. The molecular weight excluding hydrogens is 354 g/mol. The molecule has 1 heterocycles. The van der Waals surface area contributed by atoms with E-state index in [-0.39, 0.29) is 12.4 Å². The molecule has 0 spiro atoms. The van der Waals surface area contributed by atoms with Crippen LogP contribution in [0.3, 0.4) is 0 Å². The van der Waals surface area contributed by atoms with Crippen LogP contribution in [0, 0.1) is 0 Å². The van der Waals surface area contributed by atoms with Crippen LogP contribution >= 0.6 is 22.9 Å². The van der Waals surface area contributed by atoms with Gasteiger partial charge in [-0.15, -0.1) is 11.3 Å². The highest BCUT2D eigenvalue weighted by Crippen LogP contribution is 2.30. The fraction of sp³-hybridized carbons (Fsp3) is 0.500. The van der Waals surface area contributed by atoms with Gasteiger partial charge in [0.25, 0.3) is 0 Å². The summed E-state index contributed by atoms with van der Waals surface area (Å²) < 4.78 is 5.10. The molecule has 0 saturated heterocycles. The molecule has 0 fully saturated rings. The predicted octanol–water partition coefficient (Wildman–Crippen LogP) is 6.08. The Morgan fingerprint density at radius 3 is 2.52 bits per heavy atom. The zero-order valence-corrected chi connectivity index (χ0v) is 16.6. The number of nitrogens with zero attached hydrogens (tertiary/aromatic N) is 1. The summed E-state index contributed by atoms with van der Waals surface area (Å²) in [4.78, 5) is 17.8. The number of rotatable bonds is 10. The first kappa shape index (κ1) is 19.9. The number of unbranched alkanes of at least 4 members (excludes halogenated alkanes) is 4. The van der Waals surface area contributed by atoms with Crippen LogP contribution < -0.4 is 0 Å². The van der Waals surface area contributed by atoms with Crippen molar-refractivity contribution in [3.05, 3.63) is 39.9 Å². The third-order valence-corrected chi connectivity index (χ3v) is 5.45. The molecule has 0 N–H and O–H groups in total. The van der Waals surface area contributed by atoms with Crippen molar-refractivity contribution in [1.29, 1.82) is 0 Å². The molecule has 0 aliphatic rings. The van der Waals surface area contributed by atoms with Gasteiger partial charge in [-0.25, -0.2) is 4.98 Å². The first-order valence-electron chi connectivity index (χ1n) is 9.04. The van der Waals surface area contributed by atoms with Crippen LogP contribution in [-0.2, 0) is 22.4 Å². The summed E-state index contributed by atoms with van der Waals surface area (Å²) in [5.41, 5.74) is 1.90. The smallest absolute Gasteiger partial charge is 0.311 e. The molecule has 0 bridgehead atoms. The third kappa shape index (κ3) is 6.44. The molecule has 2 rings (SSSR count). The van der Waals surface area contributed by atoms with E-state index in [1.807, 2.05) is 31.2 Å². The monoisotopic (exact) mass is 379 g/mol. The van der Waals surface area contributed by atoms with Crippen LogP contribution in [0.5, 0.6) is 0 Å². The molecule has 1 aromatic heterocycles. The summed E-state index contributed by atoms with van der Waals surface area (Å²) >= 11 is 7.65. The lowest BCUT2D eigenvalue weighted by molar-refractivity contribution is -0.142. The van der Waals surface area contributed by atoms with Crippen LogP contribution in [0.2, 0.25) is 5.02 Å². The SMILES string of the molecule is CCCCCCCc1sc(-c2ccc(Cl)cc2)nc1CC(=O)OCC. The van der Waals surface area contributed by atoms with Gasteiger partial charge in [0.2, 0.25) is 0 Å². The number of halogens is 1. The zero-order chi connectivity index (χ0) is 18.1. The summed E-state index contributed by atoms with van der Waals surface area (Å²) in [5.74, 6) is -0.206. The Morgan fingerprint density at radius 1 is 1.12 bits per heavy atom. The largest absolute Gasteiger partial charge is 0.466 e. The van der Waals surface area contributed by atoms with E-state index in [2.05, 4.69) is 6.92 Å². The number of hydrogen-bond donors (Lipinski definition) is 0. The van der Waals surface area contributed by atoms with Crippen molar-refractivity contribution >= 4 is 28.9 Å². The van der Waals surface area contributed by atoms with E-state index < -0.39 is 0 Å². The second-order valence-corrected chi connectivity index (χ2v) is 7.56. The topological polar surface area (TPSA) is 39.2 Å². The normalized spacial score (nSPS) is 10.8. The lowest BCUT2D eigenvalue weighted by Crippen LogP contribution is -2.09. The molecular formula is C20H26ClNO2S. The minimum atomic E-state index is -0.206. The van der Waals surface area contributed by atoms with E-state index in [0.29, 0.717) is 11.6 Å². The first-order valence-corrected chi connectivity index (χ1v) is 10.2. The molecule has 136 valence electrons. The van der Waals surface area contributed by atoms with Crippen molar-refractivity contribution in [1.82, 2.24) is 4.98 Å². The number of esters is 1.